The number of hydrogen-bond acceptors (Lipinski definition) is 3. The first-order chi connectivity index (χ1) is 6.97. The second kappa shape index (κ2) is 4.61. The van der Waals surface area contributed by atoms with E-state index in [2.05, 4.69) is 20.9 Å². The third-order valence-corrected chi connectivity index (χ3v) is 2.57. The van der Waals surface area contributed by atoms with Crippen LogP contribution in [0.5, 0.6) is 5.88 Å². The zero-order valence-corrected chi connectivity index (χ0v) is 10.3. The van der Waals surface area contributed by atoms with Gasteiger partial charge in [-0.1, -0.05) is 13.8 Å². The summed E-state index contributed by atoms with van der Waals surface area (Å²) in [7, 11) is 1.41. The minimum Gasteiger partial charge on any atom is -0.480 e. The van der Waals surface area contributed by atoms with Crippen LogP contribution in [0.4, 0.5) is 0 Å². The van der Waals surface area contributed by atoms with E-state index >= 15 is 0 Å². The van der Waals surface area contributed by atoms with Gasteiger partial charge >= 0.3 is 5.97 Å². The highest BCUT2D eigenvalue weighted by Crippen LogP contribution is 2.28. The van der Waals surface area contributed by atoms with Gasteiger partial charge in [0, 0.05) is 4.47 Å². The lowest BCUT2D eigenvalue weighted by atomic mass is 10.1. The number of hydrogen-bond donors (Lipinski definition) is 1. The molecule has 1 N–H and O–H groups in total. The summed E-state index contributed by atoms with van der Waals surface area (Å²) >= 11 is 3.30. The van der Waals surface area contributed by atoms with Gasteiger partial charge in [-0.2, -0.15) is 0 Å². The molecule has 1 aromatic rings. The number of aromatic carboxylic acids is 1. The molecule has 15 heavy (non-hydrogen) atoms. The highest BCUT2D eigenvalue weighted by molar-refractivity contribution is 9.10. The number of nitrogens with zero attached hydrogens (tertiary/aromatic N) is 1. The molecule has 0 aliphatic carbocycles. The highest BCUT2D eigenvalue weighted by Gasteiger charge is 2.17. The maximum atomic E-state index is 10.9. The van der Waals surface area contributed by atoms with E-state index in [4.69, 9.17) is 9.84 Å². The molecule has 0 aliphatic heterocycles. The molecule has 0 radical (unpaired) electrons. The summed E-state index contributed by atoms with van der Waals surface area (Å²) < 4.78 is 5.63. The molecule has 0 amide bonds. The fourth-order valence-corrected chi connectivity index (χ4v) is 1.97. The Bertz CT molecular complexity index is 390. The first kappa shape index (κ1) is 12.0. The summed E-state index contributed by atoms with van der Waals surface area (Å²) in [4.78, 5) is 15.0. The molecule has 1 rings (SSSR count). The quantitative estimate of drug-likeness (QED) is 0.920. The molecule has 0 unspecified atom stereocenters. The normalized spacial score (nSPS) is 10.5. The molecule has 0 spiro atoms. The van der Waals surface area contributed by atoms with E-state index in [-0.39, 0.29) is 17.4 Å². The number of carbonyl (C=O) groups is 1. The van der Waals surface area contributed by atoms with E-state index in [1.807, 2.05) is 13.8 Å². The SMILES string of the molecule is COc1nc(C(C)C)c(Br)cc1C(=O)O. The molecule has 82 valence electrons. The number of methoxy groups -OCH3 is 1. The monoisotopic (exact) mass is 273 g/mol. The Morgan fingerprint density at radius 1 is 1.60 bits per heavy atom. The molecule has 0 aliphatic rings. The van der Waals surface area contributed by atoms with Gasteiger partial charge in [-0.25, -0.2) is 9.78 Å². The molecule has 0 fully saturated rings. The van der Waals surface area contributed by atoms with Crippen LogP contribution in [0, 0.1) is 0 Å². The van der Waals surface area contributed by atoms with Gasteiger partial charge in [-0.3, -0.25) is 0 Å². The number of ether oxygens (including phenoxy) is 1. The van der Waals surface area contributed by atoms with Crippen LogP contribution in [-0.2, 0) is 0 Å². The lowest BCUT2D eigenvalue weighted by molar-refractivity contribution is 0.0692. The highest BCUT2D eigenvalue weighted by atomic mass is 79.9. The van der Waals surface area contributed by atoms with Gasteiger partial charge in [0.05, 0.1) is 12.8 Å². The smallest absolute Gasteiger partial charge is 0.341 e. The Morgan fingerprint density at radius 3 is 2.60 bits per heavy atom. The summed E-state index contributed by atoms with van der Waals surface area (Å²) in [5.41, 5.74) is 0.852. The molecule has 1 heterocycles. The number of rotatable bonds is 3. The van der Waals surface area contributed by atoms with Gasteiger partial charge in [-0.05, 0) is 27.9 Å². The number of carboxylic acid groups (broad SMARTS) is 1. The molecular weight excluding hydrogens is 262 g/mol. The van der Waals surface area contributed by atoms with Crippen LogP contribution in [0.15, 0.2) is 10.5 Å². The Kier molecular flexibility index (Phi) is 3.68. The lowest BCUT2D eigenvalue weighted by Crippen LogP contribution is -2.06. The van der Waals surface area contributed by atoms with Crippen LogP contribution >= 0.6 is 15.9 Å². The van der Waals surface area contributed by atoms with Gasteiger partial charge in [0.1, 0.15) is 5.56 Å². The fourth-order valence-electron chi connectivity index (χ4n) is 1.20. The Labute approximate surface area is 96.4 Å². The zero-order valence-electron chi connectivity index (χ0n) is 8.74. The van der Waals surface area contributed by atoms with Crippen molar-refractivity contribution in [3.05, 3.63) is 21.8 Å². The summed E-state index contributed by atoms with van der Waals surface area (Å²) in [5.74, 6) is -0.694. The van der Waals surface area contributed by atoms with Crippen molar-refractivity contribution >= 4 is 21.9 Å². The van der Waals surface area contributed by atoms with Crippen LogP contribution in [0.25, 0.3) is 0 Å². The molecule has 1 aromatic heterocycles. The zero-order chi connectivity index (χ0) is 11.6. The Morgan fingerprint density at radius 2 is 2.20 bits per heavy atom. The average Bonchev–Trinajstić information content (AvgIpc) is 2.16. The van der Waals surface area contributed by atoms with Crippen molar-refractivity contribution in [3.8, 4) is 5.88 Å². The number of carboxylic acids is 1. The minimum atomic E-state index is -1.05. The fraction of sp³-hybridized carbons (Fsp3) is 0.400. The molecule has 0 saturated heterocycles. The predicted octanol–water partition coefficient (Wildman–Crippen LogP) is 2.67. The molecule has 0 saturated carbocycles. The summed E-state index contributed by atoms with van der Waals surface area (Å²) in [6.45, 7) is 3.96. The number of aromatic nitrogens is 1. The second-order valence-corrected chi connectivity index (χ2v) is 4.23. The van der Waals surface area contributed by atoms with E-state index < -0.39 is 5.97 Å². The standard InChI is InChI=1S/C10H12BrNO3/c1-5(2)8-7(11)4-6(10(13)14)9(12-8)15-3/h4-5H,1-3H3,(H,13,14). The predicted molar refractivity (Wildman–Crippen MR) is 59.5 cm³/mol. The third-order valence-electron chi connectivity index (χ3n) is 1.94. The summed E-state index contributed by atoms with van der Waals surface area (Å²) in [5, 5.41) is 8.91. The van der Waals surface area contributed by atoms with E-state index in [0.29, 0.717) is 4.47 Å². The van der Waals surface area contributed by atoms with Gasteiger partial charge in [0.15, 0.2) is 0 Å². The molecule has 5 heteroatoms. The van der Waals surface area contributed by atoms with Crippen molar-refractivity contribution in [2.45, 2.75) is 19.8 Å². The lowest BCUT2D eigenvalue weighted by Gasteiger charge is -2.11. The molecule has 0 bridgehead atoms. The number of pyridine rings is 1. The van der Waals surface area contributed by atoms with Crippen molar-refractivity contribution < 1.29 is 14.6 Å². The van der Waals surface area contributed by atoms with Crippen LogP contribution in [0.3, 0.4) is 0 Å². The first-order valence-corrected chi connectivity index (χ1v) is 5.24. The maximum absolute atomic E-state index is 10.9. The summed E-state index contributed by atoms with van der Waals surface area (Å²) in [6.07, 6.45) is 0. The third kappa shape index (κ3) is 2.47. The van der Waals surface area contributed by atoms with E-state index in [1.165, 1.54) is 13.2 Å². The van der Waals surface area contributed by atoms with Gasteiger partial charge < -0.3 is 9.84 Å². The molecule has 4 nitrogen and oxygen atoms in total. The Balaban J connectivity index is 3.35. The van der Waals surface area contributed by atoms with Gasteiger partial charge in [-0.15, -0.1) is 0 Å². The average molecular weight is 274 g/mol. The second-order valence-electron chi connectivity index (χ2n) is 3.37. The van der Waals surface area contributed by atoms with Crippen LogP contribution in [-0.4, -0.2) is 23.2 Å². The molecule has 0 atom stereocenters. The van der Waals surface area contributed by atoms with Gasteiger partial charge in [0.25, 0.3) is 0 Å². The Hall–Kier alpha value is -1.10. The van der Waals surface area contributed by atoms with Crippen LogP contribution in [0.2, 0.25) is 0 Å². The van der Waals surface area contributed by atoms with Gasteiger partial charge in [0.2, 0.25) is 5.88 Å². The van der Waals surface area contributed by atoms with E-state index in [1.54, 1.807) is 0 Å². The van der Waals surface area contributed by atoms with Crippen molar-refractivity contribution in [1.82, 2.24) is 4.98 Å². The minimum absolute atomic E-state index is 0.0637. The molecular formula is C10H12BrNO3. The first-order valence-electron chi connectivity index (χ1n) is 4.45. The summed E-state index contributed by atoms with van der Waals surface area (Å²) in [6, 6.07) is 1.52. The van der Waals surface area contributed by atoms with E-state index in [0.717, 1.165) is 5.69 Å². The number of halogens is 1. The van der Waals surface area contributed by atoms with Crippen molar-refractivity contribution in [2.75, 3.05) is 7.11 Å². The largest absolute Gasteiger partial charge is 0.480 e. The van der Waals surface area contributed by atoms with Crippen LogP contribution in [0.1, 0.15) is 35.8 Å². The van der Waals surface area contributed by atoms with Crippen molar-refractivity contribution in [1.29, 1.82) is 0 Å². The maximum Gasteiger partial charge on any atom is 0.341 e. The van der Waals surface area contributed by atoms with E-state index in [9.17, 15) is 4.79 Å². The van der Waals surface area contributed by atoms with Crippen molar-refractivity contribution in [3.63, 3.8) is 0 Å². The van der Waals surface area contributed by atoms with Crippen molar-refractivity contribution in [2.24, 2.45) is 0 Å². The topological polar surface area (TPSA) is 59.4 Å². The molecule has 0 aromatic carbocycles. The van der Waals surface area contributed by atoms with Crippen LogP contribution < -0.4 is 4.74 Å².